The fraction of sp³-hybridized carbons (Fsp3) is 0.952. The van der Waals surface area contributed by atoms with Crippen molar-refractivity contribution < 1.29 is 69.3 Å². The zero-order chi connectivity index (χ0) is 28.3. The van der Waals surface area contributed by atoms with Gasteiger partial charge in [0.15, 0.2) is 18.9 Å². The van der Waals surface area contributed by atoms with E-state index in [0.717, 1.165) is 0 Å². The monoisotopic (exact) mass is 557 g/mol. The van der Waals surface area contributed by atoms with Gasteiger partial charge in [0.1, 0.15) is 61.0 Å². The van der Waals surface area contributed by atoms with Crippen LogP contribution in [0.2, 0.25) is 0 Å². The highest BCUT2D eigenvalue weighted by atomic mass is 16.7. The molecule has 3 fully saturated rings. The van der Waals surface area contributed by atoms with Crippen molar-refractivity contribution >= 4 is 5.91 Å². The number of carbonyl (C=O) groups is 1. The van der Waals surface area contributed by atoms with Crippen molar-refractivity contribution in [1.82, 2.24) is 5.32 Å². The standard InChI is InChI=1S/C21H39N3O14/c1-2-9(28)24-12-16(32)18(37-20-11(23)14(30)13(29)6(3-25)35-20)8(5-27)36-21(12)38-17-7(4-26)34-19(33)10(22)15(17)31/h6-8,10-21,25-27,29-33H,2-5,22-23H2,1H3,(H,24,28)/t6-,7-,8-,10-,11-,12-,13-,14-,15-,16-,17?,18?,19-,20+,21+/m1/s1. The van der Waals surface area contributed by atoms with Gasteiger partial charge in [0, 0.05) is 6.42 Å². The highest BCUT2D eigenvalue weighted by molar-refractivity contribution is 5.76. The lowest BCUT2D eigenvalue weighted by molar-refractivity contribution is -0.350. The molecular formula is C21H39N3O14. The summed E-state index contributed by atoms with van der Waals surface area (Å²) < 4.78 is 28.0. The number of aliphatic hydroxyl groups is 8. The number of nitrogens with one attached hydrogen (secondary N) is 1. The molecule has 3 aliphatic heterocycles. The van der Waals surface area contributed by atoms with E-state index in [1.807, 2.05) is 0 Å². The number of nitrogens with two attached hydrogens (primary N) is 2. The second-order valence-corrected chi connectivity index (χ2v) is 9.46. The number of carbonyl (C=O) groups excluding carboxylic acids is 1. The van der Waals surface area contributed by atoms with Crippen molar-refractivity contribution in [3.8, 4) is 0 Å². The van der Waals surface area contributed by atoms with Crippen LogP contribution in [0.5, 0.6) is 0 Å². The smallest absolute Gasteiger partial charge is 0.220 e. The van der Waals surface area contributed by atoms with Crippen molar-refractivity contribution in [1.29, 1.82) is 0 Å². The molecule has 0 aromatic heterocycles. The van der Waals surface area contributed by atoms with Crippen molar-refractivity contribution in [2.75, 3.05) is 19.8 Å². The first-order valence-electron chi connectivity index (χ1n) is 12.3. The van der Waals surface area contributed by atoms with E-state index in [9.17, 15) is 45.6 Å². The van der Waals surface area contributed by atoms with E-state index in [1.165, 1.54) is 0 Å². The third-order valence-electron chi connectivity index (χ3n) is 6.93. The van der Waals surface area contributed by atoms with E-state index in [0.29, 0.717) is 0 Å². The number of aliphatic hydroxyl groups excluding tert-OH is 8. The van der Waals surface area contributed by atoms with E-state index in [2.05, 4.69) is 5.32 Å². The minimum absolute atomic E-state index is 0.00470. The van der Waals surface area contributed by atoms with Gasteiger partial charge in [-0.2, -0.15) is 0 Å². The van der Waals surface area contributed by atoms with Crippen molar-refractivity contribution in [2.45, 2.75) is 105 Å². The van der Waals surface area contributed by atoms with Crippen LogP contribution < -0.4 is 16.8 Å². The Morgan fingerprint density at radius 2 is 1.26 bits per heavy atom. The van der Waals surface area contributed by atoms with Gasteiger partial charge in [-0.05, 0) is 0 Å². The number of rotatable bonds is 9. The Morgan fingerprint density at radius 3 is 1.84 bits per heavy atom. The van der Waals surface area contributed by atoms with Crippen LogP contribution in [-0.2, 0) is 28.5 Å². The molecule has 0 aromatic carbocycles. The average molecular weight is 558 g/mol. The molecule has 17 heteroatoms. The Hall–Kier alpha value is -1.13. The van der Waals surface area contributed by atoms with Gasteiger partial charge in [-0.25, -0.2) is 0 Å². The minimum atomic E-state index is -1.66. The molecule has 0 aliphatic carbocycles. The van der Waals surface area contributed by atoms with Crippen molar-refractivity contribution in [3.63, 3.8) is 0 Å². The summed E-state index contributed by atoms with van der Waals surface area (Å²) in [5.41, 5.74) is 11.7. The average Bonchev–Trinajstić information content (AvgIpc) is 2.91. The molecule has 0 spiro atoms. The summed E-state index contributed by atoms with van der Waals surface area (Å²) in [4.78, 5) is 12.3. The predicted molar refractivity (Wildman–Crippen MR) is 121 cm³/mol. The normalized spacial score (nSPS) is 48.0. The van der Waals surface area contributed by atoms with Gasteiger partial charge in [0.2, 0.25) is 5.91 Å². The van der Waals surface area contributed by atoms with E-state index < -0.39 is 118 Å². The molecule has 17 nitrogen and oxygen atoms in total. The van der Waals surface area contributed by atoms with Crippen LogP contribution >= 0.6 is 0 Å². The van der Waals surface area contributed by atoms with Gasteiger partial charge in [-0.1, -0.05) is 6.92 Å². The third kappa shape index (κ3) is 6.43. The lowest BCUT2D eigenvalue weighted by Crippen LogP contribution is -2.70. The molecule has 15 atom stereocenters. The summed E-state index contributed by atoms with van der Waals surface area (Å²) in [6.45, 7) is -0.585. The maximum Gasteiger partial charge on any atom is 0.220 e. The molecule has 0 saturated carbocycles. The van der Waals surface area contributed by atoms with Gasteiger partial charge >= 0.3 is 0 Å². The molecular weight excluding hydrogens is 518 g/mol. The summed E-state index contributed by atoms with van der Waals surface area (Å²) in [7, 11) is 0. The third-order valence-corrected chi connectivity index (χ3v) is 6.93. The Kier molecular flexibility index (Phi) is 11.1. The summed E-state index contributed by atoms with van der Waals surface area (Å²) in [6, 6.07) is -4.03. The summed E-state index contributed by atoms with van der Waals surface area (Å²) >= 11 is 0. The van der Waals surface area contributed by atoms with Crippen LogP contribution in [0.3, 0.4) is 0 Å². The number of hydrogen-bond acceptors (Lipinski definition) is 16. The van der Waals surface area contributed by atoms with Crippen LogP contribution in [-0.4, -0.2) is 159 Å². The highest BCUT2D eigenvalue weighted by Gasteiger charge is 2.53. The van der Waals surface area contributed by atoms with E-state index in [1.54, 1.807) is 6.92 Å². The van der Waals surface area contributed by atoms with Gasteiger partial charge in [-0.3, -0.25) is 4.79 Å². The van der Waals surface area contributed by atoms with E-state index >= 15 is 0 Å². The fourth-order valence-corrected chi connectivity index (χ4v) is 4.60. The molecule has 2 unspecified atom stereocenters. The predicted octanol–water partition coefficient (Wildman–Crippen LogP) is -7.11. The van der Waals surface area contributed by atoms with Gasteiger partial charge in [0.05, 0.1) is 31.9 Å². The van der Waals surface area contributed by atoms with Crippen LogP contribution in [0.1, 0.15) is 13.3 Å². The SMILES string of the molecule is CCC(=O)N[C@H]1[C@H](OC2[C@@H](CO)O[C@@H](O)[C@H](N)[C@H]2O)O[C@H](CO)C(O[C@@H]2O[C@H](CO)[C@@H](O)[C@H](O)[C@H]2N)[C@@H]1O. The Morgan fingerprint density at radius 1 is 0.737 bits per heavy atom. The lowest BCUT2D eigenvalue weighted by atomic mass is 9.94. The van der Waals surface area contributed by atoms with Crippen LogP contribution in [0.25, 0.3) is 0 Å². The first kappa shape index (κ1) is 31.4. The maximum absolute atomic E-state index is 12.3. The molecule has 3 rings (SSSR count). The number of amides is 1. The van der Waals surface area contributed by atoms with Crippen molar-refractivity contribution in [3.05, 3.63) is 0 Å². The fourth-order valence-electron chi connectivity index (χ4n) is 4.60. The summed E-state index contributed by atoms with van der Waals surface area (Å²) in [5.74, 6) is -0.539. The largest absolute Gasteiger partial charge is 0.394 e. The topological polar surface area (TPSA) is 289 Å². The molecule has 3 heterocycles. The molecule has 1 amide bonds. The highest BCUT2D eigenvalue weighted by Crippen LogP contribution is 2.31. The second kappa shape index (κ2) is 13.5. The second-order valence-electron chi connectivity index (χ2n) is 9.46. The maximum atomic E-state index is 12.3. The molecule has 0 radical (unpaired) electrons. The van der Waals surface area contributed by atoms with E-state index in [4.69, 9.17) is 35.2 Å². The molecule has 0 bridgehead atoms. The molecule has 0 aromatic rings. The number of ether oxygens (including phenoxy) is 5. The Bertz CT molecular complexity index is 765. The van der Waals surface area contributed by atoms with Crippen molar-refractivity contribution in [2.24, 2.45) is 11.5 Å². The Labute approximate surface area is 217 Å². The Balaban J connectivity index is 1.85. The summed E-state index contributed by atoms with van der Waals surface area (Å²) in [6.07, 6.45) is -17.6. The molecule has 3 aliphatic rings. The van der Waals surface area contributed by atoms with Gasteiger partial charge in [0.25, 0.3) is 0 Å². The van der Waals surface area contributed by atoms with Crippen LogP contribution in [0.15, 0.2) is 0 Å². The first-order chi connectivity index (χ1) is 18.0. The molecule has 3 saturated heterocycles. The van der Waals surface area contributed by atoms with E-state index in [-0.39, 0.29) is 6.42 Å². The molecule has 13 N–H and O–H groups in total. The van der Waals surface area contributed by atoms with Gasteiger partial charge < -0.3 is 81.3 Å². The lowest BCUT2D eigenvalue weighted by Gasteiger charge is -2.49. The van der Waals surface area contributed by atoms with Crippen LogP contribution in [0, 0.1) is 0 Å². The molecule has 222 valence electrons. The minimum Gasteiger partial charge on any atom is -0.394 e. The first-order valence-corrected chi connectivity index (χ1v) is 12.3. The zero-order valence-electron chi connectivity index (χ0n) is 20.7. The quantitative estimate of drug-likeness (QED) is 0.125. The number of hydrogen-bond donors (Lipinski definition) is 11. The zero-order valence-corrected chi connectivity index (χ0v) is 20.7. The van der Waals surface area contributed by atoms with Gasteiger partial charge in [-0.15, -0.1) is 0 Å². The van der Waals surface area contributed by atoms with Crippen LogP contribution in [0.4, 0.5) is 0 Å². The summed E-state index contributed by atoms with van der Waals surface area (Å²) in [5, 5.41) is 83.5. The molecule has 38 heavy (non-hydrogen) atoms.